The van der Waals surface area contributed by atoms with Crippen molar-refractivity contribution in [2.45, 2.75) is 37.1 Å². The largest absolute Gasteiger partial charge is 0.497 e. The Morgan fingerprint density at radius 2 is 1.77 bits per heavy atom. The van der Waals surface area contributed by atoms with Gasteiger partial charge in [0.1, 0.15) is 5.75 Å². The number of carbonyl (C=O) groups is 1. The summed E-state index contributed by atoms with van der Waals surface area (Å²) in [4.78, 5) is 14.1. The summed E-state index contributed by atoms with van der Waals surface area (Å²) in [6.45, 7) is 2.99. The summed E-state index contributed by atoms with van der Waals surface area (Å²) in [7, 11) is -2.21. The number of hydrogen-bond donors (Lipinski definition) is 1. The lowest BCUT2D eigenvalue weighted by Crippen LogP contribution is -2.48. The van der Waals surface area contributed by atoms with Crippen molar-refractivity contribution in [3.63, 3.8) is 0 Å². The maximum atomic E-state index is 12.3. The fourth-order valence-electron chi connectivity index (χ4n) is 2.49. The van der Waals surface area contributed by atoms with Gasteiger partial charge in [0, 0.05) is 13.1 Å². The molecule has 0 spiro atoms. The number of benzene rings is 1. The number of amides is 1. The first-order valence-corrected chi connectivity index (χ1v) is 8.87. The zero-order valence-electron chi connectivity index (χ0n) is 12.9. The molecule has 0 bridgehead atoms. The standard InChI is InChI=1S/C15H22N2O4S/c1-12(15(18)17-10-4-3-5-11-17)16-22(19,20)14-8-6-13(21-2)7-9-14/h6-9,12,16H,3-5,10-11H2,1-2H3/t12-/m1/s1. The predicted molar refractivity (Wildman–Crippen MR) is 83.2 cm³/mol. The fourth-order valence-corrected chi connectivity index (χ4v) is 3.69. The Bertz CT molecular complexity index is 607. The lowest BCUT2D eigenvalue weighted by atomic mass is 10.1. The minimum absolute atomic E-state index is 0.117. The molecule has 1 aliphatic rings. The van der Waals surface area contributed by atoms with Gasteiger partial charge in [-0.05, 0) is 50.5 Å². The summed E-state index contributed by atoms with van der Waals surface area (Å²) in [5.74, 6) is 0.410. The number of methoxy groups -OCH3 is 1. The molecule has 2 rings (SSSR count). The molecule has 0 aromatic heterocycles. The molecule has 1 amide bonds. The van der Waals surface area contributed by atoms with Gasteiger partial charge in [-0.2, -0.15) is 4.72 Å². The maximum Gasteiger partial charge on any atom is 0.241 e. The van der Waals surface area contributed by atoms with Gasteiger partial charge >= 0.3 is 0 Å². The Hall–Kier alpha value is -1.60. The molecular weight excluding hydrogens is 304 g/mol. The molecule has 0 radical (unpaired) electrons. The number of rotatable bonds is 5. The van der Waals surface area contributed by atoms with Crippen LogP contribution in [0.5, 0.6) is 5.75 Å². The van der Waals surface area contributed by atoms with Gasteiger partial charge in [0.15, 0.2) is 0 Å². The summed E-state index contributed by atoms with van der Waals surface area (Å²) >= 11 is 0. The molecule has 1 atom stereocenters. The molecule has 0 saturated carbocycles. The van der Waals surface area contributed by atoms with E-state index in [1.54, 1.807) is 24.0 Å². The molecule has 22 heavy (non-hydrogen) atoms. The summed E-state index contributed by atoms with van der Waals surface area (Å²) < 4.78 is 32.1. The minimum Gasteiger partial charge on any atom is -0.497 e. The first-order chi connectivity index (χ1) is 10.4. The minimum atomic E-state index is -3.72. The van der Waals surface area contributed by atoms with Gasteiger partial charge in [-0.15, -0.1) is 0 Å². The van der Waals surface area contributed by atoms with Crippen LogP contribution in [0.2, 0.25) is 0 Å². The van der Waals surface area contributed by atoms with Crippen molar-refractivity contribution in [2.24, 2.45) is 0 Å². The molecule has 1 aromatic rings. The van der Waals surface area contributed by atoms with Crippen molar-refractivity contribution in [1.29, 1.82) is 0 Å². The van der Waals surface area contributed by atoms with Crippen LogP contribution in [0.3, 0.4) is 0 Å². The highest BCUT2D eigenvalue weighted by atomic mass is 32.2. The van der Waals surface area contributed by atoms with Crippen LogP contribution in [0, 0.1) is 0 Å². The quantitative estimate of drug-likeness (QED) is 0.887. The van der Waals surface area contributed by atoms with E-state index >= 15 is 0 Å². The molecule has 6 nitrogen and oxygen atoms in total. The first-order valence-electron chi connectivity index (χ1n) is 7.39. The van der Waals surface area contributed by atoms with Crippen molar-refractivity contribution in [2.75, 3.05) is 20.2 Å². The van der Waals surface area contributed by atoms with Gasteiger partial charge in [0.05, 0.1) is 18.0 Å². The van der Waals surface area contributed by atoms with Gasteiger partial charge in [0.25, 0.3) is 0 Å². The van der Waals surface area contributed by atoms with E-state index in [0.29, 0.717) is 18.8 Å². The molecule has 1 aliphatic heterocycles. The highest BCUT2D eigenvalue weighted by molar-refractivity contribution is 7.89. The van der Waals surface area contributed by atoms with Gasteiger partial charge in [-0.3, -0.25) is 4.79 Å². The Morgan fingerprint density at radius 3 is 2.32 bits per heavy atom. The number of hydrogen-bond acceptors (Lipinski definition) is 4. The van der Waals surface area contributed by atoms with E-state index in [4.69, 9.17) is 4.74 Å². The number of likely N-dealkylation sites (tertiary alicyclic amines) is 1. The van der Waals surface area contributed by atoms with Crippen molar-refractivity contribution in [3.8, 4) is 5.75 Å². The molecule has 1 heterocycles. The average molecular weight is 326 g/mol. The zero-order valence-corrected chi connectivity index (χ0v) is 13.7. The second-order valence-corrected chi connectivity index (χ2v) is 7.12. The molecular formula is C15H22N2O4S. The zero-order chi connectivity index (χ0) is 16.2. The number of ether oxygens (including phenoxy) is 1. The highest BCUT2D eigenvalue weighted by Gasteiger charge is 2.26. The number of nitrogens with zero attached hydrogens (tertiary/aromatic N) is 1. The topological polar surface area (TPSA) is 75.7 Å². The van der Waals surface area contributed by atoms with Crippen LogP contribution in [0.15, 0.2) is 29.2 Å². The highest BCUT2D eigenvalue weighted by Crippen LogP contribution is 2.16. The maximum absolute atomic E-state index is 12.3. The van der Waals surface area contributed by atoms with E-state index in [-0.39, 0.29) is 10.8 Å². The first kappa shape index (κ1) is 16.8. The van der Waals surface area contributed by atoms with Gasteiger partial charge in [-0.1, -0.05) is 0 Å². The molecule has 1 N–H and O–H groups in total. The third-order valence-electron chi connectivity index (χ3n) is 3.74. The predicted octanol–water partition coefficient (Wildman–Crippen LogP) is 1.37. The van der Waals surface area contributed by atoms with Crippen LogP contribution in [0.4, 0.5) is 0 Å². The summed E-state index contributed by atoms with van der Waals surface area (Å²) in [6, 6.07) is 5.29. The lowest BCUT2D eigenvalue weighted by molar-refractivity contribution is -0.133. The Morgan fingerprint density at radius 1 is 1.18 bits per heavy atom. The van der Waals surface area contributed by atoms with Crippen LogP contribution in [0.1, 0.15) is 26.2 Å². The van der Waals surface area contributed by atoms with Crippen molar-refractivity contribution < 1.29 is 17.9 Å². The van der Waals surface area contributed by atoms with Crippen LogP contribution >= 0.6 is 0 Å². The van der Waals surface area contributed by atoms with E-state index in [0.717, 1.165) is 19.3 Å². The summed E-state index contributed by atoms with van der Waals surface area (Å²) in [5, 5.41) is 0. The van der Waals surface area contributed by atoms with E-state index in [1.165, 1.54) is 19.2 Å². The monoisotopic (exact) mass is 326 g/mol. The number of sulfonamides is 1. The van der Waals surface area contributed by atoms with E-state index < -0.39 is 16.1 Å². The smallest absolute Gasteiger partial charge is 0.241 e. The van der Waals surface area contributed by atoms with Crippen molar-refractivity contribution in [3.05, 3.63) is 24.3 Å². The van der Waals surface area contributed by atoms with E-state index in [2.05, 4.69) is 4.72 Å². The number of piperidine rings is 1. The van der Waals surface area contributed by atoms with Crippen molar-refractivity contribution in [1.82, 2.24) is 9.62 Å². The average Bonchev–Trinajstić information content (AvgIpc) is 2.54. The molecule has 1 fully saturated rings. The van der Waals surface area contributed by atoms with Crippen LogP contribution in [-0.2, 0) is 14.8 Å². The van der Waals surface area contributed by atoms with Gasteiger partial charge in [0.2, 0.25) is 15.9 Å². The number of carbonyl (C=O) groups excluding carboxylic acids is 1. The van der Waals surface area contributed by atoms with E-state index in [1.807, 2.05) is 0 Å². The third-order valence-corrected chi connectivity index (χ3v) is 5.30. The van der Waals surface area contributed by atoms with E-state index in [9.17, 15) is 13.2 Å². The molecule has 0 aliphatic carbocycles. The van der Waals surface area contributed by atoms with Crippen LogP contribution in [0.25, 0.3) is 0 Å². The second-order valence-electron chi connectivity index (χ2n) is 5.40. The van der Waals surface area contributed by atoms with Gasteiger partial charge in [-0.25, -0.2) is 8.42 Å². The van der Waals surface area contributed by atoms with Crippen LogP contribution in [-0.4, -0.2) is 45.5 Å². The van der Waals surface area contributed by atoms with Gasteiger partial charge < -0.3 is 9.64 Å². The third kappa shape index (κ3) is 3.98. The lowest BCUT2D eigenvalue weighted by Gasteiger charge is -2.29. The molecule has 7 heteroatoms. The second kappa shape index (κ2) is 7.11. The molecule has 122 valence electrons. The molecule has 1 saturated heterocycles. The summed E-state index contributed by atoms with van der Waals surface area (Å²) in [5.41, 5.74) is 0. The Balaban J connectivity index is 2.04. The Labute approximate surface area is 131 Å². The SMILES string of the molecule is COc1ccc(S(=O)(=O)N[C@H](C)C(=O)N2CCCCC2)cc1. The van der Waals surface area contributed by atoms with Crippen LogP contribution < -0.4 is 9.46 Å². The Kier molecular flexibility index (Phi) is 5.42. The molecule has 0 unspecified atom stereocenters. The number of nitrogens with one attached hydrogen (secondary N) is 1. The fraction of sp³-hybridized carbons (Fsp3) is 0.533. The summed E-state index contributed by atoms with van der Waals surface area (Å²) in [6.07, 6.45) is 3.07. The normalized spacial score (nSPS) is 17.1. The molecule has 1 aromatic carbocycles. The van der Waals surface area contributed by atoms with Crippen molar-refractivity contribution >= 4 is 15.9 Å².